The van der Waals surface area contributed by atoms with Crippen LogP contribution in [0.25, 0.3) is 0 Å². The summed E-state index contributed by atoms with van der Waals surface area (Å²) >= 11 is 0. The van der Waals surface area contributed by atoms with Crippen LogP contribution in [-0.2, 0) is 14.3 Å². The van der Waals surface area contributed by atoms with Crippen LogP contribution < -0.4 is 5.73 Å². The Morgan fingerprint density at radius 3 is 2.75 bits per heavy atom. The van der Waals surface area contributed by atoms with E-state index in [1.54, 1.807) is 7.11 Å². The minimum Gasteiger partial charge on any atom is -0.468 e. The molecule has 0 spiro atoms. The molecule has 5 heteroatoms. The van der Waals surface area contributed by atoms with Gasteiger partial charge in [0, 0.05) is 19.7 Å². The van der Waals surface area contributed by atoms with Gasteiger partial charge in [-0.25, -0.2) is 0 Å². The van der Waals surface area contributed by atoms with Crippen molar-refractivity contribution in [3.05, 3.63) is 0 Å². The van der Waals surface area contributed by atoms with Gasteiger partial charge in [-0.1, -0.05) is 6.92 Å². The first kappa shape index (κ1) is 15.7. The van der Waals surface area contributed by atoms with Gasteiger partial charge < -0.3 is 15.2 Å². The number of hydrogen-bond acceptors (Lipinski definition) is 5. The number of rotatable bonds is 3. The van der Waals surface area contributed by atoms with Crippen LogP contribution in [0.5, 0.6) is 0 Å². The summed E-state index contributed by atoms with van der Waals surface area (Å²) in [4.78, 5) is 14.4. The summed E-state index contributed by atoms with van der Waals surface area (Å²) in [6.07, 6.45) is 4.96. The molecule has 1 aliphatic heterocycles. The average molecular weight is 284 g/mol. The minimum atomic E-state index is -0.802. The molecule has 2 fully saturated rings. The van der Waals surface area contributed by atoms with Crippen LogP contribution in [0, 0.1) is 5.92 Å². The number of nitrogens with zero attached hydrogens (tertiary/aromatic N) is 1. The largest absolute Gasteiger partial charge is 0.468 e. The molecule has 2 aliphatic rings. The summed E-state index contributed by atoms with van der Waals surface area (Å²) in [6.45, 7) is 4.26. The molecule has 4 unspecified atom stereocenters. The average Bonchev–Trinajstić information content (AvgIpc) is 2.46. The number of likely N-dealkylation sites (tertiary alicyclic amines) is 1. The number of carbonyl (C=O) groups excluding carboxylic acids is 1. The van der Waals surface area contributed by atoms with Crippen LogP contribution in [0.3, 0.4) is 0 Å². The third-order valence-corrected chi connectivity index (χ3v) is 5.09. The lowest BCUT2D eigenvalue weighted by atomic mass is 9.78. The molecule has 0 aromatic carbocycles. The molecule has 1 heterocycles. The molecule has 20 heavy (non-hydrogen) atoms. The summed E-state index contributed by atoms with van der Waals surface area (Å²) < 4.78 is 10.5. The van der Waals surface area contributed by atoms with E-state index in [1.807, 2.05) is 0 Å². The van der Waals surface area contributed by atoms with Crippen molar-refractivity contribution in [2.24, 2.45) is 11.7 Å². The Hall–Kier alpha value is -0.650. The van der Waals surface area contributed by atoms with Crippen molar-refractivity contribution in [3.63, 3.8) is 0 Å². The van der Waals surface area contributed by atoms with Gasteiger partial charge in [0.2, 0.25) is 0 Å². The highest BCUT2D eigenvalue weighted by atomic mass is 16.5. The topological polar surface area (TPSA) is 64.8 Å². The van der Waals surface area contributed by atoms with Gasteiger partial charge >= 0.3 is 5.97 Å². The van der Waals surface area contributed by atoms with E-state index in [0.717, 1.165) is 38.8 Å². The molecule has 116 valence electrons. The molecular formula is C15H28N2O3. The maximum atomic E-state index is 11.9. The Morgan fingerprint density at radius 1 is 1.35 bits per heavy atom. The highest BCUT2D eigenvalue weighted by molar-refractivity contribution is 5.80. The molecule has 1 aliphatic carbocycles. The van der Waals surface area contributed by atoms with Crippen LogP contribution in [0.2, 0.25) is 0 Å². The maximum Gasteiger partial charge on any atom is 0.325 e. The molecule has 5 nitrogen and oxygen atoms in total. The van der Waals surface area contributed by atoms with E-state index in [9.17, 15) is 4.79 Å². The summed E-state index contributed by atoms with van der Waals surface area (Å²) in [7, 11) is 3.21. The van der Waals surface area contributed by atoms with Crippen molar-refractivity contribution in [1.82, 2.24) is 4.90 Å². The summed E-state index contributed by atoms with van der Waals surface area (Å²) in [6, 6.07) is 0.373. The minimum absolute atomic E-state index is 0.268. The molecule has 4 atom stereocenters. The summed E-state index contributed by atoms with van der Waals surface area (Å²) in [5.74, 6) is 0.332. The molecule has 0 amide bonds. The second-order valence-electron chi connectivity index (χ2n) is 6.43. The fourth-order valence-electron chi connectivity index (χ4n) is 3.67. The first-order chi connectivity index (χ1) is 9.50. The van der Waals surface area contributed by atoms with E-state index in [-0.39, 0.29) is 12.1 Å². The van der Waals surface area contributed by atoms with Gasteiger partial charge in [0.25, 0.3) is 0 Å². The molecule has 1 saturated heterocycles. The van der Waals surface area contributed by atoms with Gasteiger partial charge in [-0.15, -0.1) is 0 Å². The van der Waals surface area contributed by atoms with E-state index in [0.29, 0.717) is 18.4 Å². The van der Waals surface area contributed by atoms with E-state index in [4.69, 9.17) is 15.2 Å². The number of nitrogens with two attached hydrogens (primary N) is 1. The predicted octanol–water partition coefficient (Wildman–Crippen LogP) is 1.16. The second kappa shape index (κ2) is 6.41. The zero-order valence-corrected chi connectivity index (χ0v) is 12.9. The SMILES string of the molecule is COC(=O)C1(N)CCCC(N2CCC(C)C(OC)C2)C1. The highest BCUT2D eigenvalue weighted by Gasteiger charge is 2.43. The molecule has 1 saturated carbocycles. The lowest BCUT2D eigenvalue weighted by molar-refractivity contribution is -0.149. The molecule has 0 aromatic heterocycles. The third-order valence-electron chi connectivity index (χ3n) is 5.09. The standard InChI is InChI=1S/C15H28N2O3/c1-11-6-8-17(10-13(11)19-2)12-5-4-7-15(16,9-12)14(18)20-3/h11-13H,4-10,16H2,1-3H3. The zero-order valence-electron chi connectivity index (χ0n) is 12.9. The Balaban J connectivity index is 2.00. The smallest absolute Gasteiger partial charge is 0.325 e. The van der Waals surface area contributed by atoms with Gasteiger partial charge in [-0.2, -0.15) is 0 Å². The van der Waals surface area contributed by atoms with E-state index in [2.05, 4.69) is 11.8 Å². The quantitative estimate of drug-likeness (QED) is 0.788. The molecular weight excluding hydrogens is 256 g/mol. The summed E-state index contributed by atoms with van der Waals surface area (Å²) in [5.41, 5.74) is 5.47. The number of methoxy groups -OCH3 is 2. The first-order valence-corrected chi connectivity index (χ1v) is 7.64. The second-order valence-corrected chi connectivity index (χ2v) is 6.43. The molecule has 0 radical (unpaired) electrons. The number of ether oxygens (including phenoxy) is 2. The molecule has 2 rings (SSSR count). The summed E-state index contributed by atoms with van der Waals surface area (Å²) in [5, 5.41) is 0. The number of hydrogen-bond donors (Lipinski definition) is 1. The van der Waals surface area contributed by atoms with Crippen molar-refractivity contribution in [3.8, 4) is 0 Å². The van der Waals surface area contributed by atoms with Crippen LogP contribution in [0.15, 0.2) is 0 Å². The van der Waals surface area contributed by atoms with Gasteiger partial charge in [0.1, 0.15) is 5.54 Å². The normalized spacial score (nSPS) is 39.5. The van der Waals surface area contributed by atoms with E-state index < -0.39 is 5.54 Å². The van der Waals surface area contributed by atoms with E-state index >= 15 is 0 Å². The van der Waals surface area contributed by atoms with Crippen molar-refractivity contribution >= 4 is 5.97 Å². The first-order valence-electron chi connectivity index (χ1n) is 7.64. The van der Waals surface area contributed by atoms with Crippen molar-refractivity contribution in [1.29, 1.82) is 0 Å². The van der Waals surface area contributed by atoms with E-state index in [1.165, 1.54) is 7.11 Å². The lowest BCUT2D eigenvalue weighted by Crippen LogP contribution is -2.58. The van der Waals surface area contributed by atoms with Crippen molar-refractivity contribution in [2.45, 2.75) is 56.7 Å². The molecule has 2 N–H and O–H groups in total. The Bertz CT molecular complexity index is 350. The van der Waals surface area contributed by atoms with Gasteiger partial charge in [-0.3, -0.25) is 9.69 Å². The van der Waals surface area contributed by atoms with Crippen LogP contribution in [-0.4, -0.2) is 55.9 Å². The monoisotopic (exact) mass is 284 g/mol. The maximum absolute atomic E-state index is 11.9. The van der Waals surface area contributed by atoms with Crippen molar-refractivity contribution < 1.29 is 14.3 Å². The van der Waals surface area contributed by atoms with Gasteiger partial charge in [-0.05, 0) is 44.6 Å². The molecule has 0 bridgehead atoms. The number of piperidine rings is 1. The number of carbonyl (C=O) groups is 1. The van der Waals surface area contributed by atoms with Crippen LogP contribution in [0.4, 0.5) is 0 Å². The fraction of sp³-hybridized carbons (Fsp3) is 0.933. The number of esters is 1. The van der Waals surface area contributed by atoms with Gasteiger partial charge in [0.15, 0.2) is 0 Å². The Kier molecular flexibility index (Phi) is 5.04. The lowest BCUT2D eigenvalue weighted by Gasteiger charge is -2.45. The zero-order chi connectivity index (χ0) is 14.8. The van der Waals surface area contributed by atoms with Crippen LogP contribution in [0.1, 0.15) is 39.0 Å². The molecule has 0 aromatic rings. The van der Waals surface area contributed by atoms with Crippen molar-refractivity contribution in [2.75, 3.05) is 27.3 Å². The predicted molar refractivity (Wildman–Crippen MR) is 77.3 cm³/mol. The Morgan fingerprint density at radius 2 is 2.10 bits per heavy atom. The fourth-order valence-corrected chi connectivity index (χ4v) is 3.67. The van der Waals surface area contributed by atoms with Gasteiger partial charge in [0.05, 0.1) is 13.2 Å². The third kappa shape index (κ3) is 3.15. The highest BCUT2D eigenvalue weighted by Crippen LogP contribution is 2.33. The van der Waals surface area contributed by atoms with Crippen LogP contribution >= 0.6 is 0 Å². The Labute approximate surface area is 121 Å².